The van der Waals surface area contributed by atoms with E-state index in [9.17, 15) is 4.79 Å². The normalized spacial score (nSPS) is 10.2. The van der Waals surface area contributed by atoms with E-state index in [0.29, 0.717) is 16.9 Å². The second-order valence-corrected chi connectivity index (χ2v) is 3.54. The summed E-state index contributed by atoms with van der Waals surface area (Å²) in [5.41, 5.74) is 2.08. The van der Waals surface area contributed by atoms with E-state index in [2.05, 4.69) is 4.98 Å². The molecule has 0 bridgehead atoms. The molecule has 3 aromatic rings. The van der Waals surface area contributed by atoms with Crippen LogP contribution < -0.4 is 10.2 Å². The fourth-order valence-electron chi connectivity index (χ4n) is 1.78. The summed E-state index contributed by atoms with van der Waals surface area (Å²) in [7, 11) is 1.59. The van der Waals surface area contributed by atoms with E-state index >= 15 is 0 Å². The molecule has 4 nitrogen and oxygen atoms in total. The van der Waals surface area contributed by atoms with E-state index in [0.717, 1.165) is 10.9 Å². The van der Waals surface area contributed by atoms with Crippen molar-refractivity contribution in [2.75, 3.05) is 7.11 Å². The monoisotopic (exact) mass is 245 g/mol. The number of furan rings is 1. The maximum absolute atomic E-state index is 11.2. The van der Waals surface area contributed by atoms with Crippen LogP contribution in [0, 0.1) is 0 Å². The Kier molecular flexibility index (Phi) is 3.37. The summed E-state index contributed by atoms with van der Waals surface area (Å²) in [4.78, 5) is 14.3. The lowest BCUT2D eigenvalue weighted by Gasteiger charge is -1.97. The van der Waals surface area contributed by atoms with E-state index in [-0.39, 0.29) is 5.43 Å². The lowest BCUT2D eigenvalue weighted by atomic mass is 10.2. The molecule has 0 amide bonds. The summed E-state index contributed by atoms with van der Waals surface area (Å²) in [5, 5.41) is 0.900. The van der Waals surface area contributed by atoms with E-state index in [1.165, 1.54) is 12.1 Å². The van der Waals surface area contributed by atoms with Gasteiger partial charge in [0.05, 0.1) is 12.6 Å². The molecule has 94 valence electrons. The fourth-order valence-corrected chi connectivity index (χ4v) is 1.78. The molecular formula is C14H15NO3. The number of methoxy groups -OCH3 is 1. The van der Waals surface area contributed by atoms with E-state index in [4.69, 9.17) is 9.15 Å². The minimum atomic E-state index is -0.0569. The Labute approximate surface area is 104 Å². The molecule has 18 heavy (non-hydrogen) atoms. The highest BCUT2D eigenvalue weighted by atomic mass is 16.5. The average Bonchev–Trinajstić information content (AvgIpc) is 2.77. The molecule has 0 aliphatic carbocycles. The first-order chi connectivity index (χ1) is 8.78. The number of aromatic nitrogens is 1. The Balaban J connectivity index is 0.000000574. The number of H-pyrrole nitrogens is 1. The van der Waals surface area contributed by atoms with Crippen molar-refractivity contribution in [3.8, 4) is 5.75 Å². The maximum atomic E-state index is 11.2. The number of hydrogen-bond acceptors (Lipinski definition) is 3. The molecule has 0 aliphatic heterocycles. The first-order valence-electron chi connectivity index (χ1n) is 5.87. The van der Waals surface area contributed by atoms with Gasteiger partial charge in [-0.05, 0) is 12.1 Å². The van der Waals surface area contributed by atoms with Gasteiger partial charge in [-0.25, -0.2) is 0 Å². The van der Waals surface area contributed by atoms with Crippen LogP contribution >= 0.6 is 0 Å². The zero-order valence-corrected chi connectivity index (χ0v) is 10.6. The SMILES string of the molecule is CC.COc1c[nH]c2c(c1)oc1cc(=O)ccc12. The van der Waals surface area contributed by atoms with Crippen LogP contribution in [0.5, 0.6) is 5.75 Å². The van der Waals surface area contributed by atoms with Crippen LogP contribution in [0.25, 0.3) is 22.1 Å². The van der Waals surface area contributed by atoms with Gasteiger partial charge in [-0.3, -0.25) is 4.79 Å². The average molecular weight is 245 g/mol. The van der Waals surface area contributed by atoms with Crippen LogP contribution in [0.3, 0.4) is 0 Å². The van der Waals surface area contributed by atoms with Crippen LogP contribution in [-0.4, -0.2) is 12.1 Å². The molecule has 0 spiro atoms. The molecule has 4 heteroatoms. The number of nitrogens with one attached hydrogen (secondary N) is 1. The number of hydrogen-bond donors (Lipinski definition) is 1. The lowest BCUT2D eigenvalue weighted by molar-refractivity contribution is 0.413. The Morgan fingerprint density at radius 3 is 2.67 bits per heavy atom. The van der Waals surface area contributed by atoms with Gasteiger partial charge in [-0.2, -0.15) is 0 Å². The number of rotatable bonds is 1. The number of ether oxygens (including phenoxy) is 1. The second kappa shape index (κ2) is 4.96. The molecule has 0 atom stereocenters. The first-order valence-corrected chi connectivity index (χ1v) is 5.87. The number of benzene rings is 1. The van der Waals surface area contributed by atoms with Crippen molar-refractivity contribution in [3.63, 3.8) is 0 Å². The van der Waals surface area contributed by atoms with Crippen molar-refractivity contribution in [3.05, 3.63) is 40.7 Å². The molecule has 2 aromatic heterocycles. The smallest absolute Gasteiger partial charge is 0.182 e. The molecular weight excluding hydrogens is 230 g/mol. The van der Waals surface area contributed by atoms with Gasteiger partial charge in [0.25, 0.3) is 0 Å². The largest absolute Gasteiger partial charge is 0.495 e. The highest BCUT2D eigenvalue weighted by Gasteiger charge is 2.08. The Morgan fingerprint density at radius 2 is 1.94 bits per heavy atom. The third-order valence-corrected chi connectivity index (χ3v) is 2.56. The molecule has 0 radical (unpaired) electrons. The molecule has 0 fully saturated rings. The lowest BCUT2D eigenvalue weighted by Crippen LogP contribution is -1.92. The van der Waals surface area contributed by atoms with Crippen LogP contribution in [0.2, 0.25) is 0 Å². The minimum Gasteiger partial charge on any atom is -0.495 e. The van der Waals surface area contributed by atoms with Crippen LogP contribution in [0.1, 0.15) is 13.8 Å². The van der Waals surface area contributed by atoms with Crippen molar-refractivity contribution in [2.45, 2.75) is 13.8 Å². The molecule has 3 rings (SSSR count). The first kappa shape index (κ1) is 12.2. The van der Waals surface area contributed by atoms with Crippen LogP contribution in [0.15, 0.2) is 39.7 Å². The van der Waals surface area contributed by atoms with Crippen molar-refractivity contribution >= 4 is 22.1 Å². The highest BCUT2D eigenvalue weighted by Crippen LogP contribution is 2.27. The molecule has 1 aromatic carbocycles. The molecule has 2 heterocycles. The highest BCUT2D eigenvalue weighted by molar-refractivity contribution is 6.02. The molecule has 0 saturated carbocycles. The number of fused-ring (bicyclic) bond motifs is 3. The third-order valence-electron chi connectivity index (χ3n) is 2.56. The second-order valence-electron chi connectivity index (χ2n) is 3.54. The van der Waals surface area contributed by atoms with Crippen LogP contribution in [0.4, 0.5) is 0 Å². The van der Waals surface area contributed by atoms with Crippen LogP contribution in [-0.2, 0) is 0 Å². The van der Waals surface area contributed by atoms with Crippen molar-refractivity contribution < 1.29 is 9.15 Å². The molecule has 0 unspecified atom stereocenters. The summed E-state index contributed by atoms with van der Waals surface area (Å²) in [6.07, 6.45) is 1.75. The van der Waals surface area contributed by atoms with E-state index < -0.39 is 0 Å². The zero-order valence-electron chi connectivity index (χ0n) is 10.6. The standard InChI is InChI=1S/C12H9NO3.C2H6/c1-15-8-5-11-12(13-6-8)9-3-2-7(14)4-10(9)16-11;1-2/h2-6,13H,1H3;1-2H3. The summed E-state index contributed by atoms with van der Waals surface area (Å²) >= 11 is 0. The zero-order chi connectivity index (χ0) is 13.1. The van der Waals surface area contributed by atoms with E-state index in [1.807, 2.05) is 13.8 Å². The molecule has 0 aliphatic rings. The predicted octanol–water partition coefficient (Wildman–Crippen LogP) is 3.31. The summed E-state index contributed by atoms with van der Waals surface area (Å²) in [5.74, 6) is 0.689. The minimum absolute atomic E-state index is 0.0569. The maximum Gasteiger partial charge on any atom is 0.182 e. The van der Waals surface area contributed by atoms with Gasteiger partial charge in [0.2, 0.25) is 0 Å². The van der Waals surface area contributed by atoms with Crippen molar-refractivity contribution in [2.24, 2.45) is 0 Å². The van der Waals surface area contributed by atoms with Gasteiger partial charge in [-0.15, -0.1) is 0 Å². The van der Waals surface area contributed by atoms with Gasteiger partial charge in [0.1, 0.15) is 11.3 Å². The van der Waals surface area contributed by atoms with Gasteiger partial charge in [-0.1, -0.05) is 13.8 Å². The topological polar surface area (TPSA) is 55.2 Å². The predicted molar refractivity (Wildman–Crippen MR) is 72.2 cm³/mol. The van der Waals surface area contributed by atoms with E-state index in [1.54, 1.807) is 25.4 Å². The molecule has 1 N–H and O–H groups in total. The Morgan fingerprint density at radius 1 is 1.17 bits per heavy atom. The number of pyridine rings is 1. The fraction of sp³-hybridized carbons (Fsp3) is 0.214. The van der Waals surface area contributed by atoms with Gasteiger partial charge < -0.3 is 14.1 Å². The van der Waals surface area contributed by atoms with Gasteiger partial charge >= 0.3 is 0 Å². The quantitative estimate of drug-likeness (QED) is 0.715. The summed E-state index contributed by atoms with van der Waals surface area (Å²) in [6.45, 7) is 4.00. The van der Waals surface area contributed by atoms with Crippen molar-refractivity contribution in [1.82, 2.24) is 4.98 Å². The molecule has 0 saturated heterocycles. The summed E-state index contributed by atoms with van der Waals surface area (Å²) < 4.78 is 10.7. The third kappa shape index (κ3) is 1.97. The summed E-state index contributed by atoms with van der Waals surface area (Å²) in [6, 6.07) is 6.55. The van der Waals surface area contributed by atoms with Gasteiger partial charge in [0, 0.05) is 23.7 Å². The Hall–Kier alpha value is -2.23. The Bertz CT molecular complexity index is 725. The number of aromatic amines is 1. The van der Waals surface area contributed by atoms with Crippen molar-refractivity contribution in [1.29, 1.82) is 0 Å². The van der Waals surface area contributed by atoms with Gasteiger partial charge in [0.15, 0.2) is 11.0 Å².